The average molecular weight is 333 g/mol. The quantitative estimate of drug-likeness (QED) is 0.258. The molecule has 0 aromatic rings. The second kappa shape index (κ2) is 14.7. The second-order valence-electron chi connectivity index (χ2n) is 6.07. The Labute approximate surface area is 140 Å². The first kappa shape index (κ1) is 22.1. The summed E-state index contributed by atoms with van der Waals surface area (Å²) in [6, 6.07) is 0. The molecule has 0 saturated carbocycles. The van der Waals surface area contributed by atoms with E-state index in [-0.39, 0.29) is 0 Å². The van der Waals surface area contributed by atoms with Crippen LogP contribution in [0.2, 0.25) is 5.54 Å². The SMILES string of the molecule is CCCCCCCCCCC(C)[Si](OCC)(OCC)OCC. The predicted octanol–water partition coefficient (Wildman–Crippen LogP) is 5.96. The van der Waals surface area contributed by atoms with Crippen molar-refractivity contribution in [3.63, 3.8) is 0 Å². The lowest BCUT2D eigenvalue weighted by atomic mass is 10.1. The third kappa shape index (κ3) is 9.28. The van der Waals surface area contributed by atoms with E-state index >= 15 is 0 Å². The van der Waals surface area contributed by atoms with Gasteiger partial charge in [-0.25, -0.2) is 0 Å². The van der Waals surface area contributed by atoms with Gasteiger partial charge in [0, 0.05) is 25.4 Å². The molecule has 0 fully saturated rings. The van der Waals surface area contributed by atoms with Crippen molar-refractivity contribution in [2.24, 2.45) is 0 Å². The molecule has 0 heterocycles. The third-order valence-electron chi connectivity index (χ3n) is 4.13. The Kier molecular flexibility index (Phi) is 14.7. The van der Waals surface area contributed by atoms with Gasteiger partial charge in [0.25, 0.3) is 0 Å². The van der Waals surface area contributed by atoms with Gasteiger partial charge in [0.05, 0.1) is 0 Å². The molecule has 0 radical (unpaired) electrons. The Morgan fingerprint density at radius 1 is 0.636 bits per heavy atom. The van der Waals surface area contributed by atoms with Crippen LogP contribution in [0, 0.1) is 0 Å². The largest absolute Gasteiger partial charge is 0.503 e. The normalized spacial score (nSPS) is 13.5. The summed E-state index contributed by atoms with van der Waals surface area (Å²) in [4.78, 5) is 0. The molecule has 0 aromatic heterocycles. The van der Waals surface area contributed by atoms with Crippen LogP contribution in [0.5, 0.6) is 0 Å². The summed E-state index contributed by atoms with van der Waals surface area (Å²) in [5.41, 5.74) is 0.396. The van der Waals surface area contributed by atoms with E-state index in [1.165, 1.54) is 51.4 Å². The maximum absolute atomic E-state index is 5.99. The molecule has 0 aromatic carbocycles. The summed E-state index contributed by atoms with van der Waals surface area (Å²) in [5, 5.41) is 0. The van der Waals surface area contributed by atoms with Crippen LogP contribution in [-0.2, 0) is 13.3 Å². The van der Waals surface area contributed by atoms with E-state index in [0.717, 1.165) is 6.42 Å². The lowest BCUT2D eigenvalue weighted by Crippen LogP contribution is -2.49. The van der Waals surface area contributed by atoms with Crippen LogP contribution < -0.4 is 0 Å². The number of unbranched alkanes of at least 4 members (excludes halogenated alkanes) is 7. The fourth-order valence-corrected chi connectivity index (χ4v) is 5.78. The molecule has 0 aliphatic heterocycles. The highest BCUT2D eigenvalue weighted by molar-refractivity contribution is 6.62. The zero-order valence-electron chi connectivity index (χ0n) is 15.8. The minimum Gasteiger partial charge on any atom is -0.374 e. The smallest absolute Gasteiger partial charge is 0.374 e. The monoisotopic (exact) mass is 332 g/mol. The van der Waals surface area contributed by atoms with Gasteiger partial charge in [0.2, 0.25) is 0 Å². The van der Waals surface area contributed by atoms with E-state index < -0.39 is 8.80 Å². The molecule has 4 heteroatoms. The van der Waals surface area contributed by atoms with Crippen LogP contribution in [0.1, 0.15) is 92.4 Å². The van der Waals surface area contributed by atoms with Crippen molar-refractivity contribution >= 4 is 8.80 Å². The molecule has 3 nitrogen and oxygen atoms in total. The molecule has 0 saturated heterocycles. The first-order valence-electron chi connectivity index (χ1n) is 9.58. The van der Waals surface area contributed by atoms with E-state index in [1.807, 2.05) is 20.8 Å². The third-order valence-corrected chi connectivity index (χ3v) is 7.70. The number of hydrogen-bond donors (Lipinski definition) is 0. The zero-order chi connectivity index (χ0) is 16.7. The van der Waals surface area contributed by atoms with Crippen LogP contribution in [0.25, 0.3) is 0 Å². The zero-order valence-corrected chi connectivity index (χ0v) is 16.8. The van der Waals surface area contributed by atoms with E-state index in [4.69, 9.17) is 13.3 Å². The van der Waals surface area contributed by atoms with Crippen molar-refractivity contribution in [3.8, 4) is 0 Å². The van der Waals surface area contributed by atoms with Crippen LogP contribution in [0.15, 0.2) is 0 Å². The van der Waals surface area contributed by atoms with Crippen LogP contribution >= 0.6 is 0 Å². The molecule has 1 unspecified atom stereocenters. The van der Waals surface area contributed by atoms with Gasteiger partial charge >= 0.3 is 8.80 Å². The molecular formula is C18H40O3Si. The minimum absolute atomic E-state index is 0.396. The van der Waals surface area contributed by atoms with Crippen LogP contribution in [-0.4, -0.2) is 28.6 Å². The van der Waals surface area contributed by atoms with Crippen molar-refractivity contribution in [1.29, 1.82) is 0 Å². The molecule has 0 bridgehead atoms. The van der Waals surface area contributed by atoms with Gasteiger partial charge in [-0.3, -0.25) is 0 Å². The predicted molar refractivity (Wildman–Crippen MR) is 97.3 cm³/mol. The lowest BCUT2D eigenvalue weighted by molar-refractivity contribution is 0.0612. The molecule has 0 aliphatic rings. The number of hydrogen-bond acceptors (Lipinski definition) is 3. The average Bonchev–Trinajstić information content (AvgIpc) is 2.50. The summed E-state index contributed by atoms with van der Waals surface area (Å²) < 4.78 is 18.0. The van der Waals surface area contributed by atoms with Crippen molar-refractivity contribution in [3.05, 3.63) is 0 Å². The van der Waals surface area contributed by atoms with Gasteiger partial charge in [-0.15, -0.1) is 0 Å². The highest BCUT2D eigenvalue weighted by Crippen LogP contribution is 2.30. The fourth-order valence-electron chi connectivity index (χ4n) is 2.92. The van der Waals surface area contributed by atoms with Gasteiger partial charge < -0.3 is 13.3 Å². The fraction of sp³-hybridized carbons (Fsp3) is 1.00. The number of rotatable bonds is 16. The van der Waals surface area contributed by atoms with Crippen molar-refractivity contribution < 1.29 is 13.3 Å². The second-order valence-corrected chi connectivity index (χ2v) is 9.13. The molecule has 0 N–H and O–H groups in total. The summed E-state index contributed by atoms with van der Waals surface area (Å²) in [6.07, 6.45) is 12.0. The first-order chi connectivity index (χ1) is 10.7. The molecule has 0 amide bonds. The standard InChI is InChI=1S/C18H40O3Si/c1-6-10-11-12-13-14-15-16-17-18(5)22(19-7-2,20-8-3)21-9-4/h18H,6-17H2,1-5H3. The van der Waals surface area contributed by atoms with Crippen molar-refractivity contribution in [2.45, 2.75) is 97.9 Å². The molecule has 0 rings (SSSR count). The molecule has 0 aliphatic carbocycles. The summed E-state index contributed by atoms with van der Waals surface area (Å²) >= 11 is 0. The molecular weight excluding hydrogens is 292 g/mol. The maximum atomic E-state index is 5.99. The maximum Gasteiger partial charge on any atom is 0.503 e. The minimum atomic E-state index is -2.49. The van der Waals surface area contributed by atoms with Gasteiger partial charge in [-0.05, 0) is 27.2 Å². The van der Waals surface area contributed by atoms with Crippen molar-refractivity contribution in [2.75, 3.05) is 19.8 Å². The first-order valence-corrected chi connectivity index (χ1v) is 11.4. The van der Waals surface area contributed by atoms with E-state index in [1.54, 1.807) is 0 Å². The summed E-state index contributed by atoms with van der Waals surface area (Å²) in [6.45, 7) is 12.6. The van der Waals surface area contributed by atoms with Crippen molar-refractivity contribution in [1.82, 2.24) is 0 Å². The molecule has 0 spiro atoms. The van der Waals surface area contributed by atoms with E-state index in [2.05, 4.69) is 13.8 Å². The van der Waals surface area contributed by atoms with Crippen LogP contribution in [0.3, 0.4) is 0 Å². The van der Waals surface area contributed by atoms with Gasteiger partial charge in [0.1, 0.15) is 0 Å². The highest BCUT2D eigenvalue weighted by Gasteiger charge is 2.46. The van der Waals surface area contributed by atoms with Crippen LogP contribution in [0.4, 0.5) is 0 Å². The summed E-state index contributed by atoms with van der Waals surface area (Å²) in [5.74, 6) is 0. The van der Waals surface area contributed by atoms with Gasteiger partial charge in [-0.2, -0.15) is 0 Å². The van der Waals surface area contributed by atoms with E-state index in [9.17, 15) is 0 Å². The van der Waals surface area contributed by atoms with Gasteiger partial charge in [-0.1, -0.05) is 65.2 Å². The summed E-state index contributed by atoms with van der Waals surface area (Å²) in [7, 11) is -2.49. The van der Waals surface area contributed by atoms with Gasteiger partial charge in [0.15, 0.2) is 0 Å². The molecule has 22 heavy (non-hydrogen) atoms. The van der Waals surface area contributed by atoms with E-state index in [0.29, 0.717) is 25.4 Å². The Morgan fingerprint density at radius 3 is 1.45 bits per heavy atom. The molecule has 1 atom stereocenters. The topological polar surface area (TPSA) is 27.7 Å². The Bertz CT molecular complexity index is 219. The highest BCUT2D eigenvalue weighted by atomic mass is 28.4. The lowest BCUT2D eigenvalue weighted by Gasteiger charge is -2.33. The Hall–Kier alpha value is 0.0969. The molecule has 134 valence electrons. The Balaban J connectivity index is 4.03. The Morgan fingerprint density at radius 2 is 1.05 bits per heavy atom.